The van der Waals surface area contributed by atoms with Gasteiger partial charge in [-0.1, -0.05) is 72.3 Å². The minimum atomic E-state index is -0.960. The van der Waals surface area contributed by atoms with Crippen molar-refractivity contribution in [3.05, 3.63) is 90.2 Å². The van der Waals surface area contributed by atoms with Crippen LogP contribution in [-0.4, -0.2) is 21.2 Å². The molecular formula is C23H20N2O2. The summed E-state index contributed by atoms with van der Waals surface area (Å²) in [6.07, 6.45) is 8.78. The predicted octanol–water partition coefficient (Wildman–Crippen LogP) is 4.51. The van der Waals surface area contributed by atoms with Crippen LogP contribution in [0.3, 0.4) is 0 Å². The van der Waals surface area contributed by atoms with E-state index in [-0.39, 0.29) is 5.75 Å². The summed E-state index contributed by atoms with van der Waals surface area (Å²) in [5.41, 5.74) is 2.80. The third-order valence-corrected chi connectivity index (χ3v) is 4.93. The Morgan fingerprint density at radius 3 is 2.44 bits per heavy atom. The number of hydrogen-bond donors (Lipinski definition) is 1. The van der Waals surface area contributed by atoms with Crippen LogP contribution in [-0.2, 0) is 10.2 Å². The van der Waals surface area contributed by atoms with Crippen molar-refractivity contribution >= 4 is 6.29 Å². The van der Waals surface area contributed by atoms with Gasteiger partial charge in [0.25, 0.3) is 0 Å². The van der Waals surface area contributed by atoms with Crippen LogP contribution in [0.15, 0.2) is 78.9 Å². The minimum Gasteiger partial charge on any atom is -0.504 e. The Bertz CT molecular complexity index is 1030. The van der Waals surface area contributed by atoms with Gasteiger partial charge in [0.05, 0.1) is 11.1 Å². The molecule has 4 nitrogen and oxygen atoms in total. The van der Waals surface area contributed by atoms with Crippen molar-refractivity contribution in [2.24, 2.45) is 0 Å². The number of carbonyl (C=O) groups excluding carboxylic acids is 1. The van der Waals surface area contributed by atoms with Crippen LogP contribution in [0.4, 0.5) is 0 Å². The van der Waals surface area contributed by atoms with Gasteiger partial charge in [0.2, 0.25) is 0 Å². The third-order valence-electron chi connectivity index (χ3n) is 4.93. The topological polar surface area (TPSA) is 55.1 Å². The van der Waals surface area contributed by atoms with E-state index in [1.807, 2.05) is 79.7 Å². The van der Waals surface area contributed by atoms with Crippen LogP contribution in [0.5, 0.6) is 5.75 Å². The summed E-state index contributed by atoms with van der Waals surface area (Å²) in [4.78, 5) is 12.0. The molecule has 4 rings (SSSR count). The molecule has 1 heterocycles. The van der Waals surface area contributed by atoms with E-state index < -0.39 is 5.41 Å². The Balaban J connectivity index is 1.98. The minimum absolute atomic E-state index is 0.0359. The Morgan fingerprint density at radius 2 is 1.81 bits per heavy atom. The molecule has 1 unspecified atom stereocenters. The van der Waals surface area contributed by atoms with E-state index in [0.717, 1.165) is 23.1 Å². The van der Waals surface area contributed by atoms with Crippen molar-refractivity contribution in [3.8, 4) is 22.7 Å². The van der Waals surface area contributed by atoms with Crippen molar-refractivity contribution < 1.29 is 9.90 Å². The zero-order valence-electron chi connectivity index (χ0n) is 15.0. The number of aromatic nitrogens is 2. The van der Waals surface area contributed by atoms with E-state index in [2.05, 4.69) is 0 Å². The van der Waals surface area contributed by atoms with Crippen LogP contribution in [0, 0.1) is 6.92 Å². The second-order valence-corrected chi connectivity index (χ2v) is 6.81. The normalized spacial score (nSPS) is 18.6. The van der Waals surface area contributed by atoms with E-state index in [1.165, 1.54) is 0 Å². The lowest BCUT2D eigenvalue weighted by atomic mass is 9.79. The lowest BCUT2D eigenvalue weighted by Crippen LogP contribution is -2.27. The first-order valence-electron chi connectivity index (χ1n) is 8.90. The number of aryl methyl sites for hydroxylation is 1. The highest BCUT2D eigenvalue weighted by atomic mass is 16.3. The fraction of sp³-hybridized carbons (Fsp3) is 0.130. The highest BCUT2D eigenvalue weighted by Crippen LogP contribution is 2.42. The van der Waals surface area contributed by atoms with Crippen molar-refractivity contribution in [1.29, 1.82) is 0 Å². The fourth-order valence-electron chi connectivity index (χ4n) is 3.41. The molecule has 1 aliphatic rings. The molecule has 0 spiro atoms. The summed E-state index contributed by atoms with van der Waals surface area (Å²) in [7, 11) is 0. The van der Waals surface area contributed by atoms with E-state index in [4.69, 9.17) is 5.10 Å². The molecule has 0 saturated carbocycles. The molecular weight excluding hydrogens is 336 g/mol. The van der Waals surface area contributed by atoms with E-state index >= 15 is 0 Å². The van der Waals surface area contributed by atoms with Crippen molar-refractivity contribution in [2.45, 2.75) is 18.8 Å². The third kappa shape index (κ3) is 2.89. The number of benzene rings is 2. The van der Waals surface area contributed by atoms with Crippen molar-refractivity contribution in [3.63, 3.8) is 0 Å². The highest BCUT2D eigenvalue weighted by Gasteiger charge is 2.37. The second kappa shape index (κ2) is 6.72. The maximum absolute atomic E-state index is 12.0. The Morgan fingerprint density at radius 1 is 1.07 bits per heavy atom. The van der Waals surface area contributed by atoms with Gasteiger partial charge in [0.15, 0.2) is 5.75 Å². The summed E-state index contributed by atoms with van der Waals surface area (Å²) < 4.78 is 1.72. The zero-order valence-corrected chi connectivity index (χ0v) is 15.0. The molecule has 0 fully saturated rings. The average Bonchev–Trinajstić information content (AvgIpc) is 3.07. The lowest BCUT2D eigenvalue weighted by Gasteiger charge is -2.22. The van der Waals surface area contributed by atoms with Crippen molar-refractivity contribution in [2.75, 3.05) is 0 Å². The van der Waals surface area contributed by atoms with E-state index in [0.29, 0.717) is 17.8 Å². The van der Waals surface area contributed by atoms with Gasteiger partial charge in [-0.05, 0) is 25.5 Å². The SMILES string of the molecule is Cc1ccc(-n2nc(C3(C=O)C=CC=CC3)c(O)c2-c2ccccc2)cc1. The van der Waals surface area contributed by atoms with Crippen molar-refractivity contribution in [1.82, 2.24) is 9.78 Å². The van der Waals surface area contributed by atoms with Gasteiger partial charge in [-0.25, -0.2) is 4.68 Å². The molecule has 1 N–H and O–H groups in total. The molecule has 27 heavy (non-hydrogen) atoms. The molecule has 0 radical (unpaired) electrons. The molecule has 134 valence electrons. The Hall–Kier alpha value is -3.40. The number of aldehydes is 1. The standard InChI is InChI=1S/C23H20N2O2/c1-17-10-12-19(13-11-17)25-20(18-8-4-2-5-9-18)21(27)22(24-25)23(16-26)14-6-3-7-15-23/h2-14,16,27H,15H2,1H3. The summed E-state index contributed by atoms with van der Waals surface area (Å²) in [6, 6.07) is 17.5. The van der Waals surface area contributed by atoms with Crippen LogP contribution in [0.1, 0.15) is 17.7 Å². The van der Waals surface area contributed by atoms with Gasteiger partial charge >= 0.3 is 0 Å². The van der Waals surface area contributed by atoms with Gasteiger partial charge in [-0.3, -0.25) is 0 Å². The molecule has 1 aliphatic carbocycles. The van der Waals surface area contributed by atoms with E-state index in [9.17, 15) is 9.90 Å². The molecule has 1 atom stereocenters. The molecule has 2 aromatic carbocycles. The molecule has 3 aromatic rings. The van der Waals surface area contributed by atoms with Gasteiger partial charge in [0.1, 0.15) is 17.7 Å². The number of nitrogens with zero attached hydrogens (tertiary/aromatic N) is 2. The first kappa shape index (κ1) is 17.0. The zero-order chi connectivity index (χ0) is 18.9. The average molecular weight is 356 g/mol. The second-order valence-electron chi connectivity index (χ2n) is 6.81. The first-order valence-corrected chi connectivity index (χ1v) is 8.90. The number of aromatic hydroxyl groups is 1. The molecule has 1 aromatic heterocycles. The van der Waals surface area contributed by atoms with Crippen LogP contribution >= 0.6 is 0 Å². The number of rotatable bonds is 4. The number of carbonyl (C=O) groups is 1. The summed E-state index contributed by atoms with van der Waals surface area (Å²) >= 11 is 0. The molecule has 0 aliphatic heterocycles. The lowest BCUT2D eigenvalue weighted by molar-refractivity contribution is -0.111. The molecule has 0 amide bonds. The summed E-state index contributed by atoms with van der Waals surface area (Å²) in [5, 5.41) is 15.8. The number of hydrogen-bond acceptors (Lipinski definition) is 3. The fourth-order valence-corrected chi connectivity index (χ4v) is 3.41. The molecule has 4 heteroatoms. The summed E-state index contributed by atoms with van der Waals surface area (Å²) in [6.45, 7) is 2.02. The smallest absolute Gasteiger partial charge is 0.166 e. The monoisotopic (exact) mass is 356 g/mol. The molecule has 0 saturated heterocycles. The van der Waals surface area contributed by atoms with Gasteiger partial charge in [-0.2, -0.15) is 5.10 Å². The summed E-state index contributed by atoms with van der Waals surface area (Å²) in [5.74, 6) is 0.0359. The van der Waals surface area contributed by atoms with E-state index in [1.54, 1.807) is 10.8 Å². The number of allylic oxidation sites excluding steroid dienone is 4. The van der Waals surface area contributed by atoms with Gasteiger partial charge in [-0.15, -0.1) is 0 Å². The largest absolute Gasteiger partial charge is 0.504 e. The highest BCUT2D eigenvalue weighted by molar-refractivity contribution is 5.79. The van der Waals surface area contributed by atoms with Crippen LogP contribution in [0.2, 0.25) is 0 Å². The predicted molar refractivity (Wildman–Crippen MR) is 106 cm³/mol. The maximum Gasteiger partial charge on any atom is 0.166 e. The van der Waals surface area contributed by atoms with Gasteiger partial charge < -0.3 is 9.90 Å². The van der Waals surface area contributed by atoms with Crippen LogP contribution in [0.25, 0.3) is 16.9 Å². The Kier molecular flexibility index (Phi) is 4.24. The Labute approximate surface area is 158 Å². The quantitative estimate of drug-likeness (QED) is 0.700. The van der Waals surface area contributed by atoms with Gasteiger partial charge in [0, 0.05) is 5.56 Å². The maximum atomic E-state index is 12.0. The molecule has 0 bridgehead atoms. The van der Waals surface area contributed by atoms with Crippen LogP contribution < -0.4 is 0 Å². The first-order chi connectivity index (χ1) is 13.1.